The summed E-state index contributed by atoms with van der Waals surface area (Å²) >= 11 is 0. The van der Waals surface area contributed by atoms with E-state index in [9.17, 15) is 8.78 Å². The molecule has 0 amide bonds. The van der Waals surface area contributed by atoms with Crippen LogP contribution < -0.4 is 0 Å². The smallest absolute Gasteiger partial charge is 0.126 e. The van der Waals surface area contributed by atoms with Crippen LogP contribution in [-0.4, -0.2) is 0 Å². The summed E-state index contributed by atoms with van der Waals surface area (Å²) in [5, 5.41) is 0. The first-order chi connectivity index (χ1) is 7.17. The molecule has 0 unspecified atom stereocenters. The first-order valence-electron chi connectivity index (χ1n) is 5.63. The Labute approximate surface area is 90.3 Å². The van der Waals surface area contributed by atoms with Crippen LogP contribution in [0.5, 0.6) is 0 Å². The van der Waals surface area contributed by atoms with Gasteiger partial charge in [-0.15, -0.1) is 0 Å². The minimum absolute atomic E-state index is 0.296. The molecule has 0 atom stereocenters. The lowest BCUT2D eigenvalue weighted by molar-refractivity contribution is 0.537. The molecule has 0 fully saturated rings. The molecule has 0 nitrogen and oxygen atoms in total. The molecule has 0 aliphatic carbocycles. The Hall–Kier alpha value is -0.920. The van der Waals surface area contributed by atoms with E-state index in [-0.39, 0.29) is 0 Å². The van der Waals surface area contributed by atoms with Crippen LogP contribution in [0.15, 0.2) is 18.2 Å². The van der Waals surface area contributed by atoms with Crippen LogP contribution in [-0.2, 0) is 0 Å². The summed E-state index contributed by atoms with van der Waals surface area (Å²) in [6.45, 7) is 4.19. The fourth-order valence-electron chi connectivity index (χ4n) is 1.99. The predicted molar refractivity (Wildman–Crippen MR) is 58.9 cm³/mol. The van der Waals surface area contributed by atoms with Crippen molar-refractivity contribution in [1.29, 1.82) is 0 Å². The van der Waals surface area contributed by atoms with Crippen molar-refractivity contribution in [1.82, 2.24) is 0 Å². The summed E-state index contributed by atoms with van der Waals surface area (Å²) in [5.41, 5.74) is 0.802. The van der Waals surface area contributed by atoms with Gasteiger partial charge in [0.05, 0.1) is 0 Å². The van der Waals surface area contributed by atoms with E-state index in [2.05, 4.69) is 13.8 Å². The molecule has 0 aromatic heterocycles. The minimum atomic E-state index is -0.470. The average Bonchev–Trinajstić information content (AvgIpc) is 2.16. The van der Waals surface area contributed by atoms with Gasteiger partial charge in [-0.1, -0.05) is 26.7 Å². The van der Waals surface area contributed by atoms with Crippen molar-refractivity contribution in [3.05, 3.63) is 35.4 Å². The predicted octanol–water partition coefficient (Wildman–Crippen LogP) is 4.65. The third-order valence-corrected chi connectivity index (χ3v) is 2.63. The molecule has 0 saturated carbocycles. The molecule has 0 radical (unpaired) electrons. The Morgan fingerprint density at radius 3 is 1.80 bits per heavy atom. The third kappa shape index (κ3) is 3.61. The lowest BCUT2D eigenvalue weighted by atomic mass is 9.90. The summed E-state index contributed by atoms with van der Waals surface area (Å²) < 4.78 is 26.1. The molecule has 2 heteroatoms. The second-order valence-electron chi connectivity index (χ2n) is 3.98. The molecule has 1 aromatic carbocycles. The van der Waals surface area contributed by atoms with Gasteiger partial charge in [0.2, 0.25) is 0 Å². The van der Waals surface area contributed by atoms with Gasteiger partial charge in [-0.05, 0) is 36.5 Å². The van der Waals surface area contributed by atoms with Crippen LogP contribution in [0, 0.1) is 11.6 Å². The number of benzene rings is 1. The highest BCUT2D eigenvalue weighted by Crippen LogP contribution is 2.27. The van der Waals surface area contributed by atoms with Crippen molar-refractivity contribution < 1.29 is 8.78 Å². The molecule has 15 heavy (non-hydrogen) atoms. The molecule has 84 valence electrons. The fraction of sp³-hybridized carbons (Fsp3) is 0.538. The standard InChI is InChI=1S/C13H18F2/c1-3-5-10(6-4-2)11-7-12(14)9-13(15)8-11/h7-10H,3-6H2,1-2H3. The van der Waals surface area contributed by atoms with Gasteiger partial charge in [-0.25, -0.2) is 8.78 Å². The molecule has 0 bridgehead atoms. The topological polar surface area (TPSA) is 0 Å². The maximum absolute atomic E-state index is 13.0. The van der Waals surface area contributed by atoms with Crippen LogP contribution >= 0.6 is 0 Å². The van der Waals surface area contributed by atoms with E-state index in [1.54, 1.807) is 0 Å². The quantitative estimate of drug-likeness (QED) is 0.666. The van der Waals surface area contributed by atoms with Crippen molar-refractivity contribution in [2.24, 2.45) is 0 Å². The van der Waals surface area contributed by atoms with E-state index in [1.165, 1.54) is 12.1 Å². The summed E-state index contributed by atoms with van der Waals surface area (Å²) in [5.74, 6) is -0.644. The third-order valence-electron chi connectivity index (χ3n) is 2.63. The van der Waals surface area contributed by atoms with E-state index >= 15 is 0 Å². The van der Waals surface area contributed by atoms with Crippen LogP contribution in [0.2, 0.25) is 0 Å². The highest BCUT2D eigenvalue weighted by atomic mass is 19.1. The monoisotopic (exact) mass is 212 g/mol. The maximum atomic E-state index is 13.0. The molecule has 0 saturated heterocycles. The normalized spacial score (nSPS) is 11.0. The first kappa shape index (κ1) is 12.2. The molecule has 0 N–H and O–H groups in total. The molecule has 0 heterocycles. The SMILES string of the molecule is CCCC(CCC)c1cc(F)cc(F)c1. The van der Waals surface area contributed by atoms with E-state index in [0.717, 1.165) is 37.3 Å². The Kier molecular flexibility index (Phi) is 4.73. The second-order valence-corrected chi connectivity index (χ2v) is 3.98. The second kappa shape index (κ2) is 5.84. The van der Waals surface area contributed by atoms with Crippen LogP contribution in [0.3, 0.4) is 0 Å². The molecule has 0 spiro atoms. The van der Waals surface area contributed by atoms with Crippen LogP contribution in [0.25, 0.3) is 0 Å². The molecule has 1 aromatic rings. The highest BCUT2D eigenvalue weighted by Gasteiger charge is 2.11. The van der Waals surface area contributed by atoms with Crippen LogP contribution in [0.1, 0.15) is 51.0 Å². The molecular weight excluding hydrogens is 194 g/mol. The first-order valence-corrected chi connectivity index (χ1v) is 5.63. The fourth-order valence-corrected chi connectivity index (χ4v) is 1.99. The van der Waals surface area contributed by atoms with Gasteiger partial charge in [0.1, 0.15) is 11.6 Å². The van der Waals surface area contributed by atoms with Gasteiger partial charge in [-0.2, -0.15) is 0 Å². The van der Waals surface area contributed by atoms with Gasteiger partial charge in [0, 0.05) is 6.07 Å². The Morgan fingerprint density at radius 2 is 1.40 bits per heavy atom. The van der Waals surface area contributed by atoms with E-state index in [1.807, 2.05) is 0 Å². The zero-order chi connectivity index (χ0) is 11.3. The number of hydrogen-bond acceptors (Lipinski definition) is 0. The zero-order valence-corrected chi connectivity index (χ0v) is 9.39. The Morgan fingerprint density at radius 1 is 0.933 bits per heavy atom. The van der Waals surface area contributed by atoms with Gasteiger partial charge < -0.3 is 0 Å². The summed E-state index contributed by atoms with van der Waals surface area (Å²) in [7, 11) is 0. The number of hydrogen-bond donors (Lipinski definition) is 0. The number of halogens is 2. The van der Waals surface area contributed by atoms with E-state index in [0.29, 0.717) is 5.92 Å². The van der Waals surface area contributed by atoms with Gasteiger partial charge in [-0.3, -0.25) is 0 Å². The molecule has 0 aliphatic heterocycles. The average molecular weight is 212 g/mol. The largest absolute Gasteiger partial charge is 0.207 e. The lowest BCUT2D eigenvalue weighted by Crippen LogP contribution is -2.00. The lowest BCUT2D eigenvalue weighted by Gasteiger charge is -2.15. The van der Waals surface area contributed by atoms with E-state index < -0.39 is 11.6 Å². The molecule has 0 aliphatic rings. The molecular formula is C13H18F2. The van der Waals surface area contributed by atoms with Crippen molar-refractivity contribution in [3.63, 3.8) is 0 Å². The summed E-state index contributed by atoms with van der Waals surface area (Å²) in [6, 6.07) is 3.84. The minimum Gasteiger partial charge on any atom is -0.207 e. The van der Waals surface area contributed by atoms with Gasteiger partial charge >= 0.3 is 0 Å². The van der Waals surface area contributed by atoms with Crippen molar-refractivity contribution >= 4 is 0 Å². The van der Waals surface area contributed by atoms with Crippen molar-refractivity contribution in [2.45, 2.75) is 45.4 Å². The Balaban J connectivity index is 2.88. The Bertz CT molecular complexity index is 281. The van der Waals surface area contributed by atoms with Crippen LogP contribution in [0.4, 0.5) is 8.78 Å². The van der Waals surface area contributed by atoms with Gasteiger partial charge in [0.15, 0.2) is 0 Å². The maximum Gasteiger partial charge on any atom is 0.126 e. The number of rotatable bonds is 5. The zero-order valence-electron chi connectivity index (χ0n) is 9.39. The van der Waals surface area contributed by atoms with Gasteiger partial charge in [0.25, 0.3) is 0 Å². The van der Waals surface area contributed by atoms with Crippen molar-refractivity contribution in [2.75, 3.05) is 0 Å². The highest BCUT2D eigenvalue weighted by molar-refractivity contribution is 5.21. The van der Waals surface area contributed by atoms with E-state index in [4.69, 9.17) is 0 Å². The summed E-state index contributed by atoms with van der Waals surface area (Å²) in [4.78, 5) is 0. The summed E-state index contributed by atoms with van der Waals surface area (Å²) in [6.07, 6.45) is 4.08. The van der Waals surface area contributed by atoms with Crippen molar-refractivity contribution in [3.8, 4) is 0 Å². The molecule has 1 rings (SSSR count).